The Morgan fingerprint density at radius 1 is 0.341 bits per heavy atom. The topological polar surface area (TPSA) is 95.9 Å². The van der Waals surface area contributed by atoms with Crippen molar-refractivity contribution in [1.82, 2.24) is 5.32 Å². The maximum Gasteiger partial charge on any atom is 0.305 e. The summed E-state index contributed by atoms with van der Waals surface area (Å²) in [5, 5.41) is 23.3. The minimum atomic E-state index is -0.662. The van der Waals surface area contributed by atoms with E-state index in [1.807, 2.05) is 0 Å². The van der Waals surface area contributed by atoms with E-state index in [0.717, 1.165) is 51.4 Å². The molecule has 3 N–H and O–H groups in total. The summed E-state index contributed by atoms with van der Waals surface area (Å²) in [6.45, 7) is 4.96. The first-order chi connectivity index (χ1) is 40.5. The molecule has 0 heterocycles. The molecule has 0 aliphatic carbocycles. The molecule has 484 valence electrons. The number of carbonyl (C=O) groups is 2. The molecule has 0 aromatic rings. The van der Waals surface area contributed by atoms with Crippen LogP contribution in [-0.4, -0.2) is 47.4 Å². The number of hydrogen-bond donors (Lipinski definition) is 3. The van der Waals surface area contributed by atoms with Crippen molar-refractivity contribution in [3.63, 3.8) is 0 Å². The number of nitrogens with one attached hydrogen (secondary N) is 1. The standard InChI is InChI=1S/C76H145NO5/c1-3-5-7-9-11-13-15-17-19-37-42-46-50-54-58-62-66-70-76(81)82-71-67-63-59-55-51-47-43-39-36-34-32-30-28-26-24-22-20-21-23-25-27-29-31-33-35-38-41-45-49-53-57-61-65-69-75(80)77-73(72-78)74(79)68-64-60-56-52-48-44-40-18-16-14-12-10-8-6-4-2/h11,13,17,19,24,26,73-74,78-79H,3-10,12,14-16,18,20-23,25,27-72H2,1-2H3,(H,77,80)/b13-11-,19-17-,26-24-. The van der Waals surface area contributed by atoms with Crippen molar-refractivity contribution in [1.29, 1.82) is 0 Å². The Hall–Kier alpha value is -1.92. The number of ether oxygens (including phenoxy) is 1. The highest BCUT2D eigenvalue weighted by atomic mass is 16.5. The monoisotopic (exact) mass is 1150 g/mol. The van der Waals surface area contributed by atoms with Gasteiger partial charge in [0.1, 0.15) is 0 Å². The molecule has 0 saturated carbocycles. The van der Waals surface area contributed by atoms with Crippen molar-refractivity contribution in [2.75, 3.05) is 13.2 Å². The fourth-order valence-corrected chi connectivity index (χ4v) is 11.7. The first-order valence-electron chi connectivity index (χ1n) is 37.2. The summed E-state index contributed by atoms with van der Waals surface area (Å²) in [5.74, 6) is -0.0176. The van der Waals surface area contributed by atoms with Gasteiger partial charge in [-0.15, -0.1) is 0 Å². The average molecular weight is 1150 g/mol. The van der Waals surface area contributed by atoms with Crippen LogP contribution in [-0.2, 0) is 14.3 Å². The molecule has 0 bridgehead atoms. The van der Waals surface area contributed by atoms with Crippen molar-refractivity contribution in [2.45, 2.75) is 424 Å². The van der Waals surface area contributed by atoms with Gasteiger partial charge < -0.3 is 20.3 Å². The van der Waals surface area contributed by atoms with Crippen LogP contribution >= 0.6 is 0 Å². The Morgan fingerprint density at radius 2 is 0.610 bits per heavy atom. The second-order valence-corrected chi connectivity index (χ2v) is 25.6. The normalized spacial score (nSPS) is 12.7. The number of carbonyl (C=O) groups excluding carboxylic acids is 2. The van der Waals surface area contributed by atoms with Gasteiger partial charge in [-0.25, -0.2) is 0 Å². The fourth-order valence-electron chi connectivity index (χ4n) is 11.7. The molecular weight excluding hydrogens is 1010 g/mol. The van der Waals surface area contributed by atoms with Gasteiger partial charge in [0.15, 0.2) is 0 Å². The second kappa shape index (κ2) is 71.6. The van der Waals surface area contributed by atoms with Gasteiger partial charge in [0.2, 0.25) is 5.91 Å². The van der Waals surface area contributed by atoms with Crippen LogP contribution in [0, 0.1) is 0 Å². The van der Waals surface area contributed by atoms with Gasteiger partial charge >= 0.3 is 5.97 Å². The number of amides is 1. The molecule has 0 spiro atoms. The Labute approximate surface area is 513 Å². The molecule has 82 heavy (non-hydrogen) atoms. The van der Waals surface area contributed by atoms with Crippen molar-refractivity contribution in [3.8, 4) is 0 Å². The van der Waals surface area contributed by atoms with Gasteiger partial charge in [-0.3, -0.25) is 9.59 Å². The van der Waals surface area contributed by atoms with Crippen molar-refractivity contribution in [3.05, 3.63) is 36.5 Å². The molecule has 0 rings (SSSR count). The van der Waals surface area contributed by atoms with E-state index < -0.39 is 12.1 Å². The van der Waals surface area contributed by atoms with Gasteiger partial charge in [0.25, 0.3) is 0 Å². The number of allylic oxidation sites excluding steroid dienone is 6. The lowest BCUT2D eigenvalue weighted by Crippen LogP contribution is -2.45. The first kappa shape index (κ1) is 80.1. The lowest BCUT2D eigenvalue weighted by molar-refractivity contribution is -0.143. The molecule has 0 radical (unpaired) electrons. The average Bonchev–Trinajstić information content (AvgIpc) is 3.48. The molecule has 0 aromatic heterocycles. The zero-order chi connectivity index (χ0) is 59.2. The summed E-state index contributed by atoms with van der Waals surface area (Å²) in [7, 11) is 0. The lowest BCUT2D eigenvalue weighted by Gasteiger charge is -2.22. The summed E-state index contributed by atoms with van der Waals surface area (Å²) in [6.07, 6.45) is 92.1. The zero-order valence-corrected chi connectivity index (χ0v) is 55.5. The number of aliphatic hydroxyl groups excluding tert-OH is 2. The van der Waals surface area contributed by atoms with Crippen LogP contribution in [0.4, 0.5) is 0 Å². The quantitative estimate of drug-likeness (QED) is 0.0320. The number of unbranched alkanes of at least 4 members (excludes halogenated alkanes) is 53. The fraction of sp³-hybridized carbons (Fsp3) is 0.895. The Kier molecular flexibility index (Phi) is 69.9. The smallest absolute Gasteiger partial charge is 0.305 e. The highest BCUT2D eigenvalue weighted by Crippen LogP contribution is 2.19. The van der Waals surface area contributed by atoms with Gasteiger partial charge in [0, 0.05) is 12.8 Å². The summed E-state index contributed by atoms with van der Waals surface area (Å²) < 4.78 is 5.50. The van der Waals surface area contributed by atoms with E-state index in [4.69, 9.17) is 4.74 Å². The van der Waals surface area contributed by atoms with E-state index in [1.54, 1.807) is 0 Å². The highest BCUT2D eigenvalue weighted by Gasteiger charge is 2.20. The molecule has 2 atom stereocenters. The molecule has 2 unspecified atom stereocenters. The van der Waals surface area contributed by atoms with E-state index in [9.17, 15) is 19.8 Å². The third-order valence-electron chi connectivity index (χ3n) is 17.4. The Morgan fingerprint density at radius 3 is 0.963 bits per heavy atom. The van der Waals surface area contributed by atoms with Crippen molar-refractivity contribution in [2.24, 2.45) is 0 Å². The lowest BCUT2D eigenvalue weighted by atomic mass is 10.0. The predicted molar refractivity (Wildman–Crippen MR) is 361 cm³/mol. The highest BCUT2D eigenvalue weighted by molar-refractivity contribution is 5.76. The van der Waals surface area contributed by atoms with E-state index in [-0.39, 0.29) is 18.5 Å². The van der Waals surface area contributed by atoms with Gasteiger partial charge in [-0.05, 0) is 83.5 Å². The maximum absolute atomic E-state index is 12.5. The van der Waals surface area contributed by atoms with Gasteiger partial charge in [-0.1, -0.05) is 352 Å². The second-order valence-electron chi connectivity index (χ2n) is 25.6. The zero-order valence-electron chi connectivity index (χ0n) is 55.5. The van der Waals surface area contributed by atoms with Gasteiger partial charge in [-0.2, -0.15) is 0 Å². The third-order valence-corrected chi connectivity index (χ3v) is 17.4. The van der Waals surface area contributed by atoms with Crippen molar-refractivity contribution >= 4 is 11.9 Å². The molecule has 6 heteroatoms. The number of rotatable bonds is 70. The molecule has 0 aliphatic heterocycles. The van der Waals surface area contributed by atoms with Crippen molar-refractivity contribution < 1.29 is 24.5 Å². The number of aliphatic hydroxyl groups is 2. The first-order valence-corrected chi connectivity index (χ1v) is 37.2. The summed E-state index contributed by atoms with van der Waals surface area (Å²) in [4.78, 5) is 24.6. The van der Waals surface area contributed by atoms with E-state index in [0.29, 0.717) is 25.9 Å². The third kappa shape index (κ3) is 67.2. The molecule has 0 aliphatic rings. The Bertz CT molecular complexity index is 1330. The van der Waals surface area contributed by atoms with Crippen LogP contribution in [0.1, 0.15) is 412 Å². The molecule has 1 amide bonds. The predicted octanol–water partition coefficient (Wildman–Crippen LogP) is 24.3. The SMILES string of the molecule is CCCCC/C=C\C/C=C\CCCCCCCCCC(=O)OCCCCCCCCCCCCCC/C=C\CCCCCCCCCCCCCCCCCCCC(=O)NC(CO)C(O)CCCCCCCCCCCCCCCCC. The molecule has 6 nitrogen and oxygen atoms in total. The minimum Gasteiger partial charge on any atom is -0.466 e. The summed E-state index contributed by atoms with van der Waals surface area (Å²) in [6, 6.07) is -0.539. The van der Waals surface area contributed by atoms with E-state index in [1.165, 1.54) is 327 Å². The largest absolute Gasteiger partial charge is 0.466 e. The van der Waals surface area contributed by atoms with Gasteiger partial charge in [0.05, 0.1) is 25.4 Å². The molecule has 0 saturated heterocycles. The number of hydrogen-bond acceptors (Lipinski definition) is 5. The van der Waals surface area contributed by atoms with Crippen LogP contribution in [0.5, 0.6) is 0 Å². The molecule has 0 aromatic carbocycles. The van der Waals surface area contributed by atoms with Crippen LogP contribution in [0.2, 0.25) is 0 Å². The molecular formula is C76H145NO5. The number of esters is 1. The summed E-state index contributed by atoms with van der Waals surface area (Å²) >= 11 is 0. The summed E-state index contributed by atoms with van der Waals surface area (Å²) in [5.41, 5.74) is 0. The maximum atomic E-state index is 12.5. The van der Waals surface area contributed by atoms with Crippen LogP contribution in [0.15, 0.2) is 36.5 Å². The Balaban J connectivity index is 3.34. The van der Waals surface area contributed by atoms with Crippen LogP contribution in [0.3, 0.4) is 0 Å². The van der Waals surface area contributed by atoms with E-state index >= 15 is 0 Å². The van der Waals surface area contributed by atoms with Crippen LogP contribution < -0.4 is 5.32 Å². The molecule has 0 fully saturated rings. The van der Waals surface area contributed by atoms with Crippen LogP contribution in [0.25, 0.3) is 0 Å². The van der Waals surface area contributed by atoms with E-state index in [2.05, 4.69) is 55.6 Å². The minimum absolute atomic E-state index is 0.0114.